The number of fused-ring (bicyclic) bond motifs is 1. The number of nitrogens with zero attached hydrogens (tertiary/aromatic N) is 4. The van der Waals surface area contributed by atoms with Crippen LogP contribution >= 0.6 is 0 Å². The van der Waals surface area contributed by atoms with Crippen molar-refractivity contribution < 1.29 is 10.2 Å². The molecule has 0 radical (unpaired) electrons. The molecule has 9 heteroatoms. The molecule has 0 atom stereocenters. The summed E-state index contributed by atoms with van der Waals surface area (Å²) >= 11 is 0. The number of hydrogen-bond donors (Lipinski definition) is 4. The van der Waals surface area contributed by atoms with Crippen LogP contribution in [0.3, 0.4) is 0 Å². The molecule has 0 saturated heterocycles. The SMILES string of the molecule is CC(C)(O)Cn1ccc2cc(Nc3cc(C(C)(C)O)ncn3)nc(NC(C)(C)C)c2c1=O. The molecule has 172 valence electrons. The van der Waals surface area contributed by atoms with Gasteiger partial charge in [0.05, 0.1) is 23.2 Å². The van der Waals surface area contributed by atoms with E-state index < -0.39 is 11.2 Å². The van der Waals surface area contributed by atoms with Crippen molar-refractivity contribution in [1.82, 2.24) is 19.5 Å². The van der Waals surface area contributed by atoms with Crippen molar-refractivity contribution in [3.8, 4) is 0 Å². The highest BCUT2D eigenvalue weighted by atomic mass is 16.3. The predicted molar refractivity (Wildman–Crippen MR) is 126 cm³/mol. The van der Waals surface area contributed by atoms with E-state index in [1.807, 2.05) is 26.8 Å². The molecule has 32 heavy (non-hydrogen) atoms. The molecule has 0 bridgehead atoms. The van der Waals surface area contributed by atoms with Gasteiger partial charge in [-0.25, -0.2) is 15.0 Å². The minimum Gasteiger partial charge on any atom is -0.389 e. The molecule has 0 aliphatic heterocycles. The third-order valence-electron chi connectivity index (χ3n) is 4.56. The first-order valence-corrected chi connectivity index (χ1v) is 10.5. The highest BCUT2D eigenvalue weighted by molar-refractivity contribution is 5.93. The Balaban J connectivity index is 2.12. The highest BCUT2D eigenvalue weighted by Gasteiger charge is 2.21. The smallest absolute Gasteiger partial charge is 0.262 e. The van der Waals surface area contributed by atoms with E-state index in [1.165, 1.54) is 10.9 Å². The van der Waals surface area contributed by atoms with E-state index in [1.54, 1.807) is 46.0 Å². The third kappa shape index (κ3) is 5.80. The van der Waals surface area contributed by atoms with Gasteiger partial charge in [0.15, 0.2) is 0 Å². The first-order valence-electron chi connectivity index (χ1n) is 10.5. The van der Waals surface area contributed by atoms with Crippen LogP contribution in [0.25, 0.3) is 10.8 Å². The van der Waals surface area contributed by atoms with Crippen molar-refractivity contribution in [2.45, 2.75) is 71.8 Å². The molecule has 3 heterocycles. The largest absolute Gasteiger partial charge is 0.389 e. The van der Waals surface area contributed by atoms with Crippen LogP contribution in [0.2, 0.25) is 0 Å². The standard InChI is InChI=1S/C23H32N6O3/c1-21(2,3)28-19-18-14(8-9-29(20(18)30)12-22(4,5)31)10-17(27-19)26-16-11-15(23(6,7)32)24-13-25-16/h8-11,13,31-32H,12H2,1-7H3,(H2,24,25,26,27,28). The lowest BCUT2D eigenvalue weighted by Gasteiger charge is -2.24. The summed E-state index contributed by atoms with van der Waals surface area (Å²) in [6.45, 7) is 12.7. The number of aliphatic hydroxyl groups is 2. The van der Waals surface area contributed by atoms with Gasteiger partial charge in [-0.15, -0.1) is 0 Å². The molecule has 0 aromatic carbocycles. The fourth-order valence-corrected chi connectivity index (χ4v) is 3.25. The van der Waals surface area contributed by atoms with Gasteiger partial charge in [-0.3, -0.25) is 4.79 Å². The monoisotopic (exact) mass is 440 g/mol. The first kappa shape index (κ1) is 23.6. The van der Waals surface area contributed by atoms with E-state index in [0.29, 0.717) is 33.9 Å². The average molecular weight is 441 g/mol. The molecular formula is C23H32N6O3. The fraction of sp³-hybridized carbons (Fsp3) is 0.478. The number of hydrogen-bond acceptors (Lipinski definition) is 8. The maximum atomic E-state index is 13.2. The number of pyridine rings is 2. The summed E-state index contributed by atoms with van der Waals surface area (Å²) in [5.41, 5.74) is -2.25. The van der Waals surface area contributed by atoms with Crippen LogP contribution in [-0.4, -0.2) is 40.9 Å². The van der Waals surface area contributed by atoms with Gasteiger partial charge in [-0.2, -0.15) is 0 Å². The average Bonchev–Trinajstić information content (AvgIpc) is 2.61. The molecule has 0 unspecified atom stereocenters. The van der Waals surface area contributed by atoms with Crippen LogP contribution in [0.4, 0.5) is 17.5 Å². The Hall–Kier alpha value is -3.04. The van der Waals surface area contributed by atoms with Gasteiger partial charge in [-0.1, -0.05) is 0 Å². The topological polar surface area (TPSA) is 125 Å². The van der Waals surface area contributed by atoms with Gasteiger partial charge in [0, 0.05) is 17.8 Å². The first-order chi connectivity index (χ1) is 14.6. The maximum Gasteiger partial charge on any atom is 0.262 e. The summed E-state index contributed by atoms with van der Waals surface area (Å²) < 4.78 is 1.49. The summed E-state index contributed by atoms with van der Waals surface area (Å²) in [5, 5.41) is 28.0. The van der Waals surface area contributed by atoms with Crippen molar-refractivity contribution in [1.29, 1.82) is 0 Å². The van der Waals surface area contributed by atoms with Gasteiger partial charge in [0.1, 0.15) is 29.4 Å². The Bertz CT molecular complexity index is 1180. The van der Waals surface area contributed by atoms with Gasteiger partial charge >= 0.3 is 0 Å². The van der Waals surface area contributed by atoms with Crippen LogP contribution in [0.5, 0.6) is 0 Å². The van der Waals surface area contributed by atoms with Crippen LogP contribution in [0, 0.1) is 0 Å². The Morgan fingerprint density at radius 1 is 1.00 bits per heavy atom. The predicted octanol–water partition coefficient (Wildman–Crippen LogP) is 3.14. The molecule has 0 amide bonds. The Labute approximate surface area is 187 Å². The molecule has 3 aromatic heterocycles. The number of aromatic nitrogens is 4. The van der Waals surface area contributed by atoms with Crippen molar-refractivity contribution in [2.75, 3.05) is 10.6 Å². The van der Waals surface area contributed by atoms with E-state index >= 15 is 0 Å². The second-order valence-corrected chi connectivity index (χ2v) is 10.2. The van der Waals surface area contributed by atoms with Crippen LogP contribution in [0.1, 0.15) is 54.2 Å². The van der Waals surface area contributed by atoms with E-state index in [4.69, 9.17) is 0 Å². The van der Waals surface area contributed by atoms with E-state index in [-0.39, 0.29) is 17.6 Å². The molecule has 9 nitrogen and oxygen atoms in total. The van der Waals surface area contributed by atoms with Crippen LogP contribution < -0.4 is 16.2 Å². The summed E-state index contributed by atoms with van der Waals surface area (Å²) in [6.07, 6.45) is 3.05. The second kappa shape index (κ2) is 8.14. The number of anilines is 3. The fourth-order valence-electron chi connectivity index (χ4n) is 3.25. The summed E-state index contributed by atoms with van der Waals surface area (Å²) in [6, 6.07) is 5.25. The number of rotatable bonds is 6. The van der Waals surface area contributed by atoms with E-state index in [0.717, 1.165) is 0 Å². The van der Waals surface area contributed by atoms with Gasteiger partial charge < -0.3 is 25.4 Å². The van der Waals surface area contributed by atoms with E-state index in [2.05, 4.69) is 25.6 Å². The molecule has 3 aromatic rings. The molecule has 0 aliphatic carbocycles. The lowest BCUT2D eigenvalue weighted by molar-refractivity contribution is 0.0606. The molecule has 0 spiro atoms. The minimum absolute atomic E-state index is 0.164. The lowest BCUT2D eigenvalue weighted by Crippen LogP contribution is -2.33. The van der Waals surface area contributed by atoms with Crippen LogP contribution in [0.15, 0.2) is 35.5 Å². The molecule has 4 N–H and O–H groups in total. The van der Waals surface area contributed by atoms with Crippen molar-refractivity contribution in [3.05, 3.63) is 46.8 Å². The minimum atomic E-state index is -1.11. The van der Waals surface area contributed by atoms with Gasteiger partial charge in [0.25, 0.3) is 5.56 Å². The normalized spacial score (nSPS) is 12.8. The number of nitrogens with one attached hydrogen (secondary N) is 2. The van der Waals surface area contributed by atoms with Crippen LogP contribution in [-0.2, 0) is 12.1 Å². The highest BCUT2D eigenvalue weighted by Crippen LogP contribution is 2.27. The Morgan fingerprint density at radius 2 is 1.69 bits per heavy atom. The van der Waals surface area contributed by atoms with Gasteiger partial charge in [0.2, 0.25) is 0 Å². The molecular weight excluding hydrogens is 408 g/mol. The van der Waals surface area contributed by atoms with Crippen molar-refractivity contribution in [3.63, 3.8) is 0 Å². The lowest BCUT2D eigenvalue weighted by atomic mass is 10.1. The molecule has 0 aliphatic rings. The molecule has 3 rings (SSSR count). The quantitative estimate of drug-likeness (QED) is 0.461. The molecule has 0 saturated carbocycles. The maximum absolute atomic E-state index is 13.2. The van der Waals surface area contributed by atoms with E-state index in [9.17, 15) is 15.0 Å². The third-order valence-corrected chi connectivity index (χ3v) is 4.56. The zero-order valence-corrected chi connectivity index (χ0v) is 19.7. The summed E-state index contributed by atoms with van der Waals surface area (Å²) in [7, 11) is 0. The van der Waals surface area contributed by atoms with Crippen molar-refractivity contribution in [2.24, 2.45) is 0 Å². The summed E-state index contributed by atoms with van der Waals surface area (Å²) in [5.74, 6) is 1.40. The zero-order chi connectivity index (χ0) is 23.9. The van der Waals surface area contributed by atoms with Gasteiger partial charge in [-0.05, 0) is 66.0 Å². The summed E-state index contributed by atoms with van der Waals surface area (Å²) in [4.78, 5) is 26.2. The Kier molecular flexibility index (Phi) is 6.01. The second-order valence-electron chi connectivity index (χ2n) is 10.2. The zero-order valence-electron chi connectivity index (χ0n) is 19.7. The Morgan fingerprint density at radius 3 is 2.28 bits per heavy atom. The molecule has 0 fully saturated rings. The van der Waals surface area contributed by atoms with Crippen molar-refractivity contribution >= 4 is 28.2 Å².